The molecule has 5 nitrogen and oxygen atoms in total. The van der Waals surface area contributed by atoms with Gasteiger partial charge in [-0.3, -0.25) is 4.79 Å². The first-order valence-electron chi connectivity index (χ1n) is 6.67. The predicted molar refractivity (Wildman–Crippen MR) is 72.9 cm³/mol. The fourth-order valence-corrected chi connectivity index (χ4v) is 2.20. The Morgan fingerprint density at radius 3 is 2.58 bits per heavy atom. The molecule has 0 unspecified atom stereocenters. The molecule has 0 aliphatic heterocycles. The van der Waals surface area contributed by atoms with Crippen molar-refractivity contribution in [2.75, 3.05) is 6.61 Å². The Hall–Kier alpha value is -1.36. The predicted octanol–water partition coefficient (Wildman–Crippen LogP) is 2.06. The van der Waals surface area contributed by atoms with Crippen molar-refractivity contribution >= 4 is 5.91 Å². The van der Waals surface area contributed by atoms with Gasteiger partial charge in [-0.1, -0.05) is 19.0 Å². The second-order valence-electron chi connectivity index (χ2n) is 5.46. The summed E-state index contributed by atoms with van der Waals surface area (Å²) in [4.78, 5) is 12.0. The number of hydrogen-bond acceptors (Lipinski definition) is 4. The van der Waals surface area contributed by atoms with Crippen LogP contribution in [0, 0.1) is 13.8 Å². The monoisotopic (exact) mass is 268 g/mol. The molecule has 1 aromatic rings. The maximum Gasteiger partial charge on any atom is 0.221 e. The van der Waals surface area contributed by atoms with Gasteiger partial charge in [-0.25, -0.2) is 0 Å². The molecule has 1 heterocycles. The summed E-state index contributed by atoms with van der Waals surface area (Å²) in [6.07, 6.45) is 1.05. The van der Waals surface area contributed by atoms with Gasteiger partial charge in [0.25, 0.3) is 0 Å². The van der Waals surface area contributed by atoms with Gasteiger partial charge in [-0.05, 0) is 33.1 Å². The first kappa shape index (κ1) is 15.7. The summed E-state index contributed by atoms with van der Waals surface area (Å²) >= 11 is 0. The number of aromatic nitrogens is 1. The number of rotatable bonds is 6. The summed E-state index contributed by atoms with van der Waals surface area (Å²) < 4.78 is 5.12. The van der Waals surface area contributed by atoms with E-state index in [0.29, 0.717) is 12.8 Å². The van der Waals surface area contributed by atoms with Gasteiger partial charge in [-0.2, -0.15) is 0 Å². The van der Waals surface area contributed by atoms with E-state index in [1.807, 2.05) is 34.6 Å². The zero-order valence-corrected chi connectivity index (χ0v) is 12.4. The van der Waals surface area contributed by atoms with Crippen LogP contribution in [-0.2, 0) is 4.79 Å². The molecule has 108 valence electrons. The lowest BCUT2D eigenvalue weighted by atomic mass is 9.94. The average molecular weight is 268 g/mol. The fourth-order valence-electron chi connectivity index (χ4n) is 2.20. The van der Waals surface area contributed by atoms with Crippen LogP contribution in [0.25, 0.3) is 0 Å². The van der Waals surface area contributed by atoms with Crippen LogP contribution in [0.3, 0.4) is 0 Å². The minimum absolute atomic E-state index is 0.0473. The second kappa shape index (κ2) is 6.19. The van der Waals surface area contributed by atoms with Crippen LogP contribution in [0.4, 0.5) is 0 Å². The van der Waals surface area contributed by atoms with Gasteiger partial charge in [0.15, 0.2) is 0 Å². The third kappa shape index (κ3) is 3.80. The van der Waals surface area contributed by atoms with E-state index in [4.69, 9.17) is 4.52 Å². The van der Waals surface area contributed by atoms with E-state index < -0.39 is 5.54 Å². The first-order valence-corrected chi connectivity index (χ1v) is 6.67. The van der Waals surface area contributed by atoms with E-state index in [1.54, 1.807) is 0 Å². The Kier molecular flexibility index (Phi) is 5.11. The molecule has 19 heavy (non-hydrogen) atoms. The topological polar surface area (TPSA) is 75.4 Å². The van der Waals surface area contributed by atoms with Crippen LogP contribution >= 0.6 is 0 Å². The van der Waals surface area contributed by atoms with Crippen LogP contribution in [0.1, 0.15) is 56.5 Å². The first-order chi connectivity index (χ1) is 8.83. The standard InChI is InChI=1S/C14H24N2O3/c1-6-14(5,8-17)15-12(18)7-9(2)13-10(3)16-19-11(13)4/h9,17H,6-8H2,1-5H3,(H,15,18)/t9-,14+/m0/s1. The van der Waals surface area contributed by atoms with Crippen LogP contribution in [-0.4, -0.2) is 28.3 Å². The van der Waals surface area contributed by atoms with Crippen molar-refractivity contribution in [1.82, 2.24) is 10.5 Å². The molecule has 0 spiro atoms. The second-order valence-corrected chi connectivity index (χ2v) is 5.46. The summed E-state index contributed by atoms with van der Waals surface area (Å²) in [6.45, 7) is 9.43. The number of aliphatic hydroxyl groups excluding tert-OH is 1. The van der Waals surface area contributed by atoms with Gasteiger partial charge in [0.05, 0.1) is 17.8 Å². The van der Waals surface area contributed by atoms with Gasteiger partial charge in [-0.15, -0.1) is 0 Å². The highest BCUT2D eigenvalue weighted by molar-refractivity contribution is 5.77. The van der Waals surface area contributed by atoms with E-state index >= 15 is 0 Å². The van der Waals surface area contributed by atoms with Gasteiger partial charge >= 0.3 is 0 Å². The summed E-state index contributed by atoms with van der Waals surface area (Å²) in [5, 5.41) is 16.1. The quantitative estimate of drug-likeness (QED) is 0.828. The Labute approximate surface area is 114 Å². The van der Waals surface area contributed by atoms with Crippen LogP contribution in [0.2, 0.25) is 0 Å². The molecular formula is C14H24N2O3. The summed E-state index contributed by atoms with van der Waals surface area (Å²) in [7, 11) is 0. The zero-order valence-electron chi connectivity index (χ0n) is 12.4. The molecule has 0 saturated carbocycles. The number of carbonyl (C=O) groups is 1. The maximum absolute atomic E-state index is 12.0. The highest BCUT2D eigenvalue weighted by Crippen LogP contribution is 2.26. The van der Waals surface area contributed by atoms with Crippen molar-refractivity contribution in [2.24, 2.45) is 0 Å². The van der Waals surface area contributed by atoms with Gasteiger partial charge in [0, 0.05) is 12.0 Å². The van der Waals surface area contributed by atoms with Crippen molar-refractivity contribution < 1.29 is 14.4 Å². The van der Waals surface area contributed by atoms with E-state index in [1.165, 1.54) is 0 Å². The van der Waals surface area contributed by atoms with Crippen molar-refractivity contribution in [3.05, 3.63) is 17.0 Å². The lowest BCUT2D eigenvalue weighted by molar-refractivity contribution is -0.123. The molecule has 0 fully saturated rings. The van der Waals surface area contributed by atoms with Gasteiger partial charge in [0.2, 0.25) is 5.91 Å². The number of hydrogen-bond donors (Lipinski definition) is 2. The van der Waals surface area contributed by atoms with Crippen molar-refractivity contribution in [3.63, 3.8) is 0 Å². The van der Waals surface area contributed by atoms with Gasteiger partial charge in [0.1, 0.15) is 5.76 Å². The summed E-state index contributed by atoms with van der Waals surface area (Å²) in [5.74, 6) is 0.746. The largest absolute Gasteiger partial charge is 0.394 e. The lowest BCUT2D eigenvalue weighted by Crippen LogP contribution is -2.48. The highest BCUT2D eigenvalue weighted by atomic mass is 16.5. The minimum Gasteiger partial charge on any atom is -0.394 e. The van der Waals surface area contributed by atoms with Crippen LogP contribution < -0.4 is 5.32 Å². The Morgan fingerprint density at radius 1 is 1.53 bits per heavy atom. The summed E-state index contributed by atoms with van der Waals surface area (Å²) in [6, 6.07) is 0. The van der Waals surface area contributed by atoms with E-state index in [-0.39, 0.29) is 18.4 Å². The van der Waals surface area contributed by atoms with Crippen molar-refractivity contribution in [1.29, 1.82) is 0 Å². The van der Waals surface area contributed by atoms with Crippen molar-refractivity contribution in [3.8, 4) is 0 Å². The molecule has 1 amide bonds. The fraction of sp³-hybridized carbons (Fsp3) is 0.714. The molecule has 0 aliphatic carbocycles. The molecule has 5 heteroatoms. The Bertz CT molecular complexity index is 416. The number of amides is 1. The molecule has 2 N–H and O–H groups in total. The van der Waals surface area contributed by atoms with E-state index in [0.717, 1.165) is 17.0 Å². The average Bonchev–Trinajstić information content (AvgIpc) is 2.68. The molecule has 0 aliphatic rings. The van der Waals surface area contributed by atoms with Crippen LogP contribution in [0.15, 0.2) is 4.52 Å². The van der Waals surface area contributed by atoms with Gasteiger partial charge < -0.3 is 14.9 Å². The Balaban J connectivity index is 2.68. The number of nitrogens with zero attached hydrogens (tertiary/aromatic N) is 1. The van der Waals surface area contributed by atoms with Crippen molar-refractivity contribution in [2.45, 2.75) is 58.9 Å². The molecule has 0 saturated heterocycles. The summed E-state index contributed by atoms with van der Waals surface area (Å²) in [5.41, 5.74) is 1.28. The number of aryl methyl sites for hydroxylation is 2. The number of carbonyl (C=O) groups excluding carboxylic acids is 1. The minimum atomic E-state index is -0.546. The number of nitrogens with one attached hydrogen (secondary N) is 1. The Morgan fingerprint density at radius 2 is 2.16 bits per heavy atom. The van der Waals surface area contributed by atoms with E-state index in [2.05, 4.69) is 10.5 Å². The normalized spacial score (nSPS) is 15.9. The molecule has 1 rings (SSSR count). The molecule has 2 atom stereocenters. The zero-order chi connectivity index (χ0) is 14.6. The molecule has 1 aromatic heterocycles. The SMILES string of the molecule is CC[C@](C)(CO)NC(=O)C[C@H](C)c1c(C)noc1C. The van der Waals surface area contributed by atoms with Crippen LogP contribution in [0.5, 0.6) is 0 Å². The lowest BCUT2D eigenvalue weighted by Gasteiger charge is -2.27. The third-order valence-corrected chi connectivity index (χ3v) is 3.64. The highest BCUT2D eigenvalue weighted by Gasteiger charge is 2.25. The number of aliphatic hydroxyl groups is 1. The van der Waals surface area contributed by atoms with E-state index in [9.17, 15) is 9.90 Å². The maximum atomic E-state index is 12.0. The molecular weight excluding hydrogens is 244 g/mol. The molecule has 0 bridgehead atoms. The molecule has 0 radical (unpaired) electrons. The third-order valence-electron chi connectivity index (χ3n) is 3.64. The smallest absolute Gasteiger partial charge is 0.221 e. The molecule has 0 aromatic carbocycles.